The molecule has 10 nitrogen and oxygen atoms in total. The molecule has 2 fully saturated rings. The zero-order chi connectivity index (χ0) is 31.9. The van der Waals surface area contributed by atoms with E-state index in [1.54, 1.807) is 22.3 Å². The molecule has 1 N–H and O–H groups in total. The van der Waals surface area contributed by atoms with Crippen LogP contribution in [0, 0.1) is 12.8 Å². The van der Waals surface area contributed by atoms with E-state index >= 15 is 0 Å². The van der Waals surface area contributed by atoms with Gasteiger partial charge in [0.2, 0.25) is 5.91 Å². The van der Waals surface area contributed by atoms with E-state index in [2.05, 4.69) is 4.98 Å². The standard InChI is InChI=1S/C34H41N5O5S/c1-23-10-11-28(45-23)39-17-13-26-29(39)35-22-38(31(26)41)21-34(43)14-18-36(19-15-34)30(40)25-12-16-37(32(42)44-33(2,3)4)20-27(25)24-8-6-5-7-9-24/h5-11,13,17,22,25,27,43H,12,14-16,18-21H2,1-4H3/t25-,27+/m1/s1. The number of hydrogen-bond donors (Lipinski definition) is 1. The summed E-state index contributed by atoms with van der Waals surface area (Å²) in [7, 11) is 0. The number of carbonyl (C=O) groups excluding carboxylic acids is 2. The second-order valence-corrected chi connectivity index (χ2v) is 14.6. The van der Waals surface area contributed by atoms with Crippen LogP contribution in [-0.4, -0.2) is 78.4 Å². The number of thiophene rings is 1. The molecule has 4 aromatic rings. The van der Waals surface area contributed by atoms with Crippen molar-refractivity contribution in [1.82, 2.24) is 23.9 Å². The third kappa shape index (κ3) is 6.55. The second-order valence-electron chi connectivity index (χ2n) is 13.4. The Kier molecular flexibility index (Phi) is 8.34. The summed E-state index contributed by atoms with van der Waals surface area (Å²) in [6.45, 7) is 9.33. The number of aromatic nitrogens is 3. The number of likely N-dealkylation sites (tertiary alicyclic amines) is 2. The van der Waals surface area contributed by atoms with Crippen molar-refractivity contribution in [2.24, 2.45) is 5.92 Å². The molecule has 2 saturated heterocycles. The van der Waals surface area contributed by atoms with Crippen LogP contribution in [0.15, 0.2) is 65.8 Å². The summed E-state index contributed by atoms with van der Waals surface area (Å²) in [5, 5.41) is 13.0. The lowest BCUT2D eigenvalue weighted by Crippen LogP contribution is -2.53. The first-order valence-electron chi connectivity index (χ1n) is 15.6. The molecule has 0 aliphatic carbocycles. The van der Waals surface area contributed by atoms with Crippen molar-refractivity contribution in [3.8, 4) is 5.00 Å². The van der Waals surface area contributed by atoms with Crippen molar-refractivity contribution in [2.75, 3.05) is 26.2 Å². The molecule has 0 radical (unpaired) electrons. The van der Waals surface area contributed by atoms with Gasteiger partial charge in [-0.05, 0) is 70.7 Å². The summed E-state index contributed by atoms with van der Waals surface area (Å²) in [5.74, 6) is -0.412. The fraction of sp³-hybridized carbons (Fsp3) is 0.471. The van der Waals surface area contributed by atoms with E-state index in [0.29, 0.717) is 56.5 Å². The lowest BCUT2D eigenvalue weighted by molar-refractivity contribution is -0.142. The molecular weight excluding hydrogens is 590 g/mol. The number of ether oxygens (including phenoxy) is 1. The van der Waals surface area contributed by atoms with Gasteiger partial charge in [0.05, 0.1) is 17.5 Å². The highest BCUT2D eigenvalue weighted by Gasteiger charge is 2.42. The Bertz CT molecular complexity index is 1750. The Labute approximate surface area is 266 Å². The van der Waals surface area contributed by atoms with Crippen LogP contribution in [0.5, 0.6) is 0 Å². The fourth-order valence-corrected chi connectivity index (χ4v) is 7.37. The first-order chi connectivity index (χ1) is 21.4. The van der Waals surface area contributed by atoms with Gasteiger partial charge in [0.25, 0.3) is 5.56 Å². The van der Waals surface area contributed by atoms with Crippen LogP contribution in [0.3, 0.4) is 0 Å². The van der Waals surface area contributed by atoms with E-state index in [-0.39, 0.29) is 35.9 Å². The number of rotatable bonds is 5. The maximum absolute atomic E-state index is 14.0. The number of piperidine rings is 2. The minimum absolute atomic E-state index is 0.0418. The van der Waals surface area contributed by atoms with E-state index in [1.165, 1.54) is 15.8 Å². The van der Waals surface area contributed by atoms with Crippen LogP contribution in [-0.2, 0) is 16.1 Å². The van der Waals surface area contributed by atoms with Crippen LogP contribution in [0.4, 0.5) is 4.79 Å². The van der Waals surface area contributed by atoms with Crippen LogP contribution in [0.1, 0.15) is 56.4 Å². The zero-order valence-electron chi connectivity index (χ0n) is 26.3. The highest BCUT2D eigenvalue weighted by molar-refractivity contribution is 7.14. The van der Waals surface area contributed by atoms with Crippen molar-refractivity contribution in [3.05, 3.63) is 81.8 Å². The first kappa shape index (κ1) is 31.0. The van der Waals surface area contributed by atoms with Gasteiger partial charge in [0, 0.05) is 49.1 Å². The quantitative estimate of drug-likeness (QED) is 0.334. The van der Waals surface area contributed by atoms with Gasteiger partial charge < -0.3 is 19.6 Å². The number of benzene rings is 1. The molecule has 2 aliphatic rings. The molecule has 0 bridgehead atoms. The van der Waals surface area contributed by atoms with Crippen molar-refractivity contribution in [2.45, 2.75) is 70.6 Å². The summed E-state index contributed by atoms with van der Waals surface area (Å²) >= 11 is 1.63. The predicted octanol–water partition coefficient (Wildman–Crippen LogP) is 4.95. The molecule has 11 heteroatoms. The highest BCUT2D eigenvalue weighted by Crippen LogP contribution is 2.36. The summed E-state index contributed by atoms with van der Waals surface area (Å²) in [5.41, 5.74) is -0.319. The summed E-state index contributed by atoms with van der Waals surface area (Å²) in [6, 6.07) is 15.7. The van der Waals surface area contributed by atoms with Gasteiger partial charge in [-0.15, -0.1) is 11.3 Å². The molecule has 0 unspecified atom stereocenters. The number of fused-ring (bicyclic) bond motifs is 1. The SMILES string of the molecule is Cc1ccc(-n2ccc3c(=O)n(CC4(O)CCN(C(=O)[C@@H]5CCN(C(=O)OC(C)(C)C)C[C@H]5c5ccccc5)CC4)cnc32)s1. The number of aliphatic hydroxyl groups is 1. The Hall–Kier alpha value is -3.96. The molecule has 45 heavy (non-hydrogen) atoms. The van der Waals surface area contributed by atoms with E-state index in [4.69, 9.17) is 4.74 Å². The minimum Gasteiger partial charge on any atom is -0.444 e. The molecule has 0 spiro atoms. The van der Waals surface area contributed by atoms with Gasteiger partial charge in [-0.2, -0.15) is 0 Å². The van der Waals surface area contributed by atoms with Gasteiger partial charge in [0.1, 0.15) is 16.9 Å². The number of carbonyl (C=O) groups is 2. The Morgan fingerprint density at radius 1 is 1.04 bits per heavy atom. The Balaban J connectivity index is 1.13. The Morgan fingerprint density at radius 3 is 2.44 bits per heavy atom. The maximum Gasteiger partial charge on any atom is 0.410 e. The van der Waals surface area contributed by atoms with Crippen LogP contribution >= 0.6 is 11.3 Å². The van der Waals surface area contributed by atoms with Crippen LogP contribution in [0.2, 0.25) is 0 Å². The van der Waals surface area contributed by atoms with Gasteiger partial charge in [0.15, 0.2) is 5.65 Å². The molecule has 6 rings (SSSR count). The van der Waals surface area contributed by atoms with Gasteiger partial charge in [-0.25, -0.2) is 9.78 Å². The monoisotopic (exact) mass is 631 g/mol. The van der Waals surface area contributed by atoms with E-state index in [0.717, 1.165) is 10.6 Å². The number of amides is 2. The first-order valence-corrected chi connectivity index (χ1v) is 16.4. The van der Waals surface area contributed by atoms with Crippen molar-refractivity contribution >= 4 is 34.4 Å². The Morgan fingerprint density at radius 2 is 1.78 bits per heavy atom. The number of aryl methyl sites for hydroxylation is 1. The molecule has 238 valence electrons. The van der Waals surface area contributed by atoms with Crippen LogP contribution in [0.25, 0.3) is 16.0 Å². The van der Waals surface area contributed by atoms with Crippen molar-refractivity contribution < 1.29 is 19.4 Å². The average molecular weight is 632 g/mol. The summed E-state index contributed by atoms with van der Waals surface area (Å²) < 4.78 is 9.04. The second kappa shape index (κ2) is 12.1. The molecule has 3 aromatic heterocycles. The lowest BCUT2D eigenvalue weighted by atomic mass is 9.79. The molecule has 2 atom stereocenters. The minimum atomic E-state index is -1.14. The van der Waals surface area contributed by atoms with Gasteiger partial charge >= 0.3 is 6.09 Å². The van der Waals surface area contributed by atoms with E-state index in [1.807, 2.05) is 85.8 Å². The predicted molar refractivity (Wildman–Crippen MR) is 174 cm³/mol. The molecule has 2 aliphatic heterocycles. The van der Waals surface area contributed by atoms with Crippen molar-refractivity contribution in [1.29, 1.82) is 0 Å². The highest BCUT2D eigenvalue weighted by atomic mass is 32.1. The number of nitrogens with zero attached hydrogens (tertiary/aromatic N) is 5. The third-order valence-corrected chi connectivity index (χ3v) is 9.91. The zero-order valence-corrected chi connectivity index (χ0v) is 27.1. The van der Waals surface area contributed by atoms with Crippen molar-refractivity contribution in [3.63, 3.8) is 0 Å². The van der Waals surface area contributed by atoms with Gasteiger partial charge in [-0.3, -0.25) is 18.7 Å². The van der Waals surface area contributed by atoms with Gasteiger partial charge in [-0.1, -0.05) is 30.3 Å². The molecule has 5 heterocycles. The fourth-order valence-electron chi connectivity index (χ4n) is 6.53. The average Bonchev–Trinajstić information content (AvgIpc) is 3.64. The normalized spacial score (nSPS) is 20.4. The smallest absolute Gasteiger partial charge is 0.410 e. The molecule has 1 aromatic carbocycles. The molecule has 0 saturated carbocycles. The maximum atomic E-state index is 14.0. The van der Waals surface area contributed by atoms with Crippen LogP contribution < -0.4 is 5.56 Å². The third-order valence-electron chi connectivity index (χ3n) is 8.91. The van der Waals surface area contributed by atoms with E-state index < -0.39 is 11.2 Å². The largest absolute Gasteiger partial charge is 0.444 e. The van der Waals surface area contributed by atoms with E-state index in [9.17, 15) is 19.5 Å². The molecule has 2 amide bonds. The summed E-state index contributed by atoms with van der Waals surface area (Å²) in [4.78, 5) is 49.6. The summed E-state index contributed by atoms with van der Waals surface area (Å²) in [6.07, 6.45) is 4.24. The molecular formula is C34H41N5O5S. The lowest BCUT2D eigenvalue weighted by Gasteiger charge is -2.43. The topological polar surface area (TPSA) is 110 Å². The number of hydrogen-bond acceptors (Lipinski definition) is 7.